The van der Waals surface area contributed by atoms with Crippen molar-refractivity contribution in [2.75, 3.05) is 6.54 Å². The van der Waals surface area contributed by atoms with Crippen molar-refractivity contribution >= 4 is 5.84 Å². The van der Waals surface area contributed by atoms with E-state index in [0.29, 0.717) is 6.54 Å². The van der Waals surface area contributed by atoms with Gasteiger partial charge in [-0.25, -0.2) is 5.53 Å². The van der Waals surface area contributed by atoms with Gasteiger partial charge in [0.2, 0.25) is 0 Å². The molecule has 1 aromatic rings. The van der Waals surface area contributed by atoms with Crippen molar-refractivity contribution in [3.8, 4) is 0 Å². The van der Waals surface area contributed by atoms with Crippen LogP contribution in [-0.4, -0.2) is 23.4 Å². The molecule has 80 valence electrons. The van der Waals surface area contributed by atoms with Gasteiger partial charge in [-0.3, -0.25) is 5.01 Å². The van der Waals surface area contributed by atoms with E-state index in [1.54, 1.807) is 0 Å². The first kappa shape index (κ1) is 9.95. The van der Waals surface area contributed by atoms with E-state index >= 15 is 0 Å². The molecule has 0 spiro atoms. The Morgan fingerprint density at radius 3 is 2.80 bits per heavy atom. The van der Waals surface area contributed by atoms with E-state index in [2.05, 4.69) is 16.2 Å². The second-order valence-corrected chi connectivity index (χ2v) is 3.61. The maximum absolute atomic E-state index is 5.75. The van der Waals surface area contributed by atoms with E-state index in [9.17, 15) is 0 Å². The summed E-state index contributed by atoms with van der Waals surface area (Å²) in [6.07, 6.45) is 0. The monoisotopic (exact) mass is 205 g/mol. The Balaban J connectivity index is 2.15. The molecule has 0 aromatic heterocycles. The topological polar surface area (TPSA) is 65.7 Å². The number of nitrogens with zero attached hydrogens (tertiary/aromatic N) is 2. The number of rotatable bonds is 3. The lowest BCUT2D eigenvalue weighted by Crippen LogP contribution is -2.46. The number of hydrazone groups is 1. The van der Waals surface area contributed by atoms with Crippen LogP contribution < -0.4 is 16.8 Å². The molecule has 5 nitrogen and oxygen atoms in total. The Labute approximate surface area is 88.9 Å². The first-order valence-electron chi connectivity index (χ1n) is 4.94. The van der Waals surface area contributed by atoms with E-state index in [1.807, 2.05) is 42.3 Å². The fraction of sp³-hybridized carbons (Fsp3) is 0.300. The molecule has 1 heterocycles. The standard InChI is InChI=1S/C10H15N5/c1-8(11)7-15-10(12-13-14-15)9-5-3-2-4-6-9/h2-6,8,13-14H,7,11H2,1H3. The van der Waals surface area contributed by atoms with Crippen LogP contribution in [-0.2, 0) is 0 Å². The predicted octanol–water partition coefficient (Wildman–Crippen LogP) is 0.0202. The van der Waals surface area contributed by atoms with E-state index in [1.165, 1.54) is 0 Å². The lowest BCUT2D eigenvalue weighted by Gasteiger charge is -2.20. The van der Waals surface area contributed by atoms with Crippen molar-refractivity contribution in [2.45, 2.75) is 13.0 Å². The zero-order valence-electron chi connectivity index (χ0n) is 8.64. The molecule has 1 atom stereocenters. The molecule has 1 aliphatic rings. The Kier molecular flexibility index (Phi) is 2.84. The van der Waals surface area contributed by atoms with Gasteiger partial charge in [-0.2, -0.15) is 0 Å². The Hall–Kier alpha value is -1.59. The molecule has 2 rings (SSSR count). The van der Waals surface area contributed by atoms with Crippen LogP contribution in [0.2, 0.25) is 0 Å². The van der Waals surface area contributed by atoms with Crippen molar-refractivity contribution in [3.05, 3.63) is 35.9 Å². The highest BCUT2D eigenvalue weighted by Gasteiger charge is 2.18. The van der Waals surface area contributed by atoms with Gasteiger partial charge in [-0.15, -0.1) is 10.6 Å². The minimum absolute atomic E-state index is 0.0892. The largest absolute Gasteiger partial charge is 0.326 e. The highest BCUT2D eigenvalue weighted by molar-refractivity contribution is 5.98. The zero-order chi connectivity index (χ0) is 10.7. The zero-order valence-corrected chi connectivity index (χ0v) is 8.64. The van der Waals surface area contributed by atoms with E-state index in [4.69, 9.17) is 5.73 Å². The molecule has 4 N–H and O–H groups in total. The predicted molar refractivity (Wildman–Crippen MR) is 59.6 cm³/mol. The lowest BCUT2D eigenvalue weighted by molar-refractivity contribution is 0.283. The number of hydrogen-bond acceptors (Lipinski definition) is 5. The molecule has 0 saturated carbocycles. The van der Waals surface area contributed by atoms with Crippen LogP contribution >= 0.6 is 0 Å². The number of nitrogens with two attached hydrogens (primary N) is 1. The molecule has 1 unspecified atom stereocenters. The maximum atomic E-state index is 5.75. The van der Waals surface area contributed by atoms with E-state index in [-0.39, 0.29) is 6.04 Å². The van der Waals surface area contributed by atoms with Gasteiger partial charge in [0.1, 0.15) is 0 Å². The molecule has 5 heteroatoms. The second-order valence-electron chi connectivity index (χ2n) is 3.61. The highest BCUT2D eigenvalue weighted by Crippen LogP contribution is 2.06. The SMILES string of the molecule is CC(N)CN1NNN=C1c1ccccc1. The smallest absolute Gasteiger partial charge is 0.173 e. The Morgan fingerprint density at radius 1 is 1.40 bits per heavy atom. The summed E-state index contributed by atoms with van der Waals surface area (Å²) < 4.78 is 0. The van der Waals surface area contributed by atoms with E-state index in [0.717, 1.165) is 11.4 Å². The van der Waals surface area contributed by atoms with Crippen LogP contribution in [0, 0.1) is 0 Å². The van der Waals surface area contributed by atoms with Crippen molar-refractivity contribution in [2.24, 2.45) is 10.8 Å². The van der Waals surface area contributed by atoms with Crippen molar-refractivity contribution in [1.29, 1.82) is 0 Å². The van der Waals surface area contributed by atoms with Gasteiger partial charge in [-0.1, -0.05) is 30.3 Å². The molecule has 15 heavy (non-hydrogen) atoms. The van der Waals surface area contributed by atoms with E-state index < -0.39 is 0 Å². The lowest BCUT2D eigenvalue weighted by atomic mass is 10.2. The molecular weight excluding hydrogens is 190 g/mol. The highest BCUT2D eigenvalue weighted by atomic mass is 15.8. The number of nitrogens with one attached hydrogen (secondary N) is 2. The minimum Gasteiger partial charge on any atom is -0.326 e. The minimum atomic E-state index is 0.0892. The first-order valence-corrected chi connectivity index (χ1v) is 4.94. The Bertz CT molecular complexity index is 346. The Morgan fingerprint density at radius 2 is 2.13 bits per heavy atom. The molecule has 0 bridgehead atoms. The summed E-state index contributed by atoms with van der Waals surface area (Å²) in [5, 5.41) is 6.07. The third-order valence-corrected chi connectivity index (χ3v) is 2.10. The summed E-state index contributed by atoms with van der Waals surface area (Å²) in [4.78, 5) is 0. The van der Waals surface area contributed by atoms with Gasteiger partial charge >= 0.3 is 0 Å². The van der Waals surface area contributed by atoms with Crippen molar-refractivity contribution in [1.82, 2.24) is 16.1 Å². The third kappa shape index (κ3) is 2.26. The fourth-order valence-corrected chi connectivity index (χ4v) is 1.48. The molecular formula is C10H15N5. The van der Waals surface area contributed by atoms with Crippen LogP contribution in [0.15, 0.2) is 35.4 Å². The van der Waals surface area contributed by atoms with Gasteiger partial charge in [0.25, 0.3) is 0 Å². The van der Waals surface area contributed by atoms with Crippen LogP contribution in [0.5, 0.6) is 0 Å². The van der Waals surface area contributed by atoms with Gasteiger partial charge in [0, 0.05) is 11.6 Å². The summed E-state index contributed by atoms with van der Waals surface area (Å²) >= 11 is 0. The summed E-state index contributed by atoms with van der Waals surface area (Å²) in [6, 6.07) is 10.1. The molecule has 0 radical (unpaired) electrons. The number of hydrogen-bond donors (Lipinski definition) is 3. The maximum Gasteiger partial charge on any atom is 0.173 e. The number of amidine groups is 1. The van der Waals surface area contributed by atoms with Crippen molar-refractivity contribution < 1.29 is 0 Å². The fourth-order valence-electron chi connectivity index (χ4n) is 1.48. The molecule has 1 aromatic carbocycles. The van der Waals surface area contributed by atoms with Crippen LogP contribution in [0.25, 0.3) is 0 Å². The molecule has 0 saturated heterocycles. The van der Waals surface area contributed by atoms with Gasteiger partial charge in [0.15, 0.2) is 5.84 Å². The molecule has 0 amide bonds. The average molecular weight is 205 g/mol. The third-order valence-electron chi connectivity index (χ3n) is 2.10. The molecule has 0 fully saturated rings. The van der Waals surface area contributed by atoms with Gasteiger partial charge in [-0.05, 0) is 6.92 Å². The second kappa shape index (κ2) is 4.29. The molecule has 1 aliphatic heterocycles. The number of hydrazine groups is 2. The van der Waals surface area contributed by atoms with Crippen LogP contribution in [0.4, 0.5) is 0 Å². The first-order chi connectivity index (χ1) is 7.27. The normalized spacial score (nSPS) is 17.2. The quantitative estimate of drug-likeness (QED) is 0.651. The van der Waals surface area contributed by atoms with Crippen molar-refractivity contribution in [3.63, 3.8) is 0 Å². The van der Waals surface area contributed by atoms with Crippen LogP contribution in [0.3, 0.4) is 0 Å². The summed E-state index contributed by atoms with van der Waals surface area (Å²) in [5.74, 6) is 0.868. The summed E-state index contributed by atoms with van der Waals surface area (Å²) in [7, 11) is 0. The summed E-state index contributed by atoms with van der Waals surface area (Å²) in [6.45, 7) is 2.67. The molecule has 0 aliphatic carbocycles. The van der Waals surface area contributed by atoms with Gasteiger partial charge in [0.05, 0.1) is 6.54 Å². The van der Waals surface area contributed by atoms with Gasteiger partial charge < -0.3 is 5.73 Å². The average Bonchev–Trinajstić information content (AvgIpc) is 2.66. The number of benzene rings is 1. The van der Waals surface area contributed by atoms with Crippen LogP contribution in [0.1, 0.15) is 12.5 Å². The summed E-state index contributed by atoms with van der Waals surface area (Å²) in [5.41, 5.74) is 12.5.